The zero-order valence-electron chi connectivity index (χ0n) is 10.00. The molecule has 1 N–H and O–H groups in total. The van der Waals surface area contributed by atoms with Crippen molar-refractivity contribution >= 4 is 39.2 Å². The molecule has 1 aliphatic rings. The van der Waals surface area contributed by atoms with E-state index >= 15 is 0 Å². The van der Waals surface area contributed by atoms with Gasteiger partial charge >= 0.3 is 0 Å². The van der Waals surface area contributed by atoms with Gasteiger partial charge in [0, 0.05) is 20.0 Å². The molecule has 0 bridgehead atoms. The standard InChI is InChI=1S/C12H10BrFN2O3/c1-15-10(17)2-3-16-9-5-8(14)7(13)4-6(9)11(18)12(16)19/h4-5H,2-3H2,1H3,(H,15,17). The van der Waals surface area contributed by atoms with Gasteiger partial charge in [0.15, 0.2) is 0 Å². The number of ketones is 1. The van der Waals surface area contributed by atoms with E-state index in [1.807, 2.05) is 0 Å². The number of nitrogens with one attached hydrogen (secondary N) is 1. The molecule has 0 aromatic heterocycles. The average Bonchev–Trinajstić information content (AvgIpc) is 2.61. The summed E-state index contributed by atoms with van der Waals surface area (Å²) in [5.74, 6) is -2.25. The van der Waals surface area contributed by atoms with Crippen molar-refractivity contribution in [3.63, 3.8) is 0 Å². The first-order valence-electron chi connectivity index (χ1n) is 5.51. The van der Waals surface area contributed by atoms with Crippen molar-refractivity contribution in [2.45, 2.75) is 6.42 Å². The first-order chi connectivity index (χ1) is 8.95. The Morgan fingerprint density at radius 2 is 2.11 bits per heavy atom. The molecule has 0 unspecified atom stereocenters. The van der Waals surface area contributed by atoms with Gasteiger partial charge < -0.3 is 10.2 Å². The lowest BCUT2D eigenvalue weighted by Crippen LogP contribution is -2.33. The fraction of sp³-hybridized carbons (Fsp3) is 0.250. The highest BCUT2D eigenvalue weighted by atomic mass is 79.9. The number of hydrogen-bond donors (Lipinski definition) is 1. The van der Waals surface area contributed by atoms with E-state index in [0.29, 0.717) is 0 Å². The molecule has 0 fully saturated rings. The highest BCUT2D eigenvalue weighted by molar-refractivity contribution is 9.10. The van der Waals surface area contributed by atoms with Crippen molar-refractivity contribution in [3.8, 4) is 0 Å². The van der Waals surface area contributed by atoms with E-state index in [2.05, 4.69) is 21.2 Å². The van der Waals surface area contributed by atoms with Crippen LogP contribution in [0.15, 0.2) is 16.6 Å². The molecule has 0 saturated heterocycles. The Bertz CT molecular complexity index is 589. The summed E-state index contributed by atoms with van der Waals surface area (Å²) in [6.45, 7) is 0.0400. The van der Waals surface area contributed by atoms with Crippen LogP contribution in [0, 0.1) is 5.82 Å². The Labute approximate surface area is 116 Å². The van der Waals surface area contributed by atoms with E-state index in [1.165, 1.54) is 13.1 Å². The van der Waals surface area contributed by atoms with Crippen molar-refractivity contribution in [2.24, 2.45) is 0 Å². The third-order valence-electron chi connectivity index (χ3n) is 2.85. The number of nitrogens with zero attached hydrogens (tertiary/aromatic N) is 1. The maximum Gasteiger partial charge on any atom is 0.299 e. The molecule has 100 valence electrons. The van der Waals surface area contributed by atoms with E-state index in [1.54, 1.807) is 0 Å². The zero-order valence-corrected chi connectivity index (χ0v) is 11.6. The second kappa shape index (κ2) is 5.08. The number of carbonyl (C=O) groups is 3. The predicted octanol–water partition coefficient (Wildman–Crippen LogP) is 1.25. The van der Waals surface area contributed by atoms with Crippen molar-refractivity contribution < 1.29 is 18.8 Å². The molecule has 2 rings (SSSR count). The van der Waals surface area contributed by atoms with E-state index < -0.39 is 17.5 Å². The smallest absolute Gasteiger partial charge is 0.299 e. The molecule has 0 spiro atoms. The van der Waals surface area contributed by atoms with Gasteiger partial charge in [0.2, 0.25) is 5.91 Å². The normalized spacial score (nSPS) is 13.7. The van der Waals surface area contributed by atoms with Crippen LogP contribution in [0.2, 0.25) is 0 Å². The minimum atomic E-state index is -0.739. The summed E-state index contributed by atoms with van der Waals surface area (Å²) in [6, 6.07) is 2.40. The SMILES string of the molecule is CNC(=O)CCN1C(=O)C(=O)c2cc(Br)c(F)cc21. The highest BCUT2D eigenvalue weighted by Gasteiger charge is 2.36. The van der Waals surface area contributed by atoms with Crippen LogP contribution in [0.4, 0.5) is 10.1 Å². The van der Waals surface area contributed by atoms with Gasteiger partial charge in [-0.1, -0.05) is 0 Å². The molecule has 0 atom stereocenters. The van der Waals surface area contributed by atoms with E-state index in [9.17, 15) is 18.8 Å². The van der Waals surface area contributed by atoms with Crippen LogP contribution in [0.5, 0.6) is 0 Å². The second-order valence-corrected chi connectivity index (χ2v) is 4.85. The lowest BCUT2D eigenvalue weighted by Gasteiger charge is -2.15. The third kappa shape index (κ3) is 2.37. The molecule has 1 aliphatic heterocycles. The molecule has 19 heavy (non-hydrogen) atoms. The van der Waals surface area contributed by atoms with Gasteiger partial charge in [0.25, 0.3) is 11.7 Å². The molecule has 7 heteroatoms. The number of halogens is 2. The molecule has 0 radical (unpaired) electrons. The molecule has 2 amide bonds. The predicted molar refractivity (Wildman–Crippen MR) is 69.5 cm³/mol. The van der Waals surface area contributed by atoms with Crippen LogP contribution in [-0.2, 0) is 9.59 Å². The lowest BCUT2D eigenvalue weighted by molar-refractivity contribution is -0.120. The van der Waals surface area contributed by atoms with Gasteiger partial charge in [-0.25, -0.2) is 4.39 Å². The summed E-state index contributed by atoms with van der Waals surface area (Å²) in [7, 11) is 1.48. The Hall–Kier alpha value is -1.76. The van der Waals surface area contributed by atoms with Gasteiger partial charge in [-0.3, -0.25) is 14.4 Å². The van der Waals surface area contributed by atoms with Gasteiger partial charge in [0.1, 0.15) is 5.82 Å². The Balaban J connectivity index is 2.33. The van der Waals surface area contributed by atoms with E-state index in [4.69, 9.17) is 0 Å². The van der Waals surface area contributed by atoms with Crippen LogP contribution < -0.4 is 10.2 Å². The van der Waals surface area contributed by atoms with Crippen LogP contribution >= 0.6 is 15.9 Å². The van der Waals surface area contributed by atoms with Crippen LogP contribution in [0.25, 0.3) is 0 Å². The van der Waals surface area contributed by atoms with Gasteiger partial charge in [-0.15, -0.1) is 0 Å². The zero-order chi connectivity index (χ0) is 14.2. The third-order valence-corrected chi connectivity index (χ3v) is 3.46. The van der Waals surface area contributed by atoms with E-state index in [-0.39, 0.29) is 34.6 Å². The average molecular weight is 329 g/mol. The monoisotopic (exact) mass is 328 g/mol. The largest absolute Gasteiger partial charge is 0.359 e. The first kappa shape index (κ1) is 13.7. The lowest BCUT2D eigenvalue weighted by atomic mass is 10.1. The fourth-order valence-electron chi connectivity index (χ4n) is 1.85. The second-order valence-electron chi connectivity index (χ2n) is 3.99. The molecule has 1 aromatic rings. The summed E-state index contributed by atoms with van der Waals surface area (Å²) >= 11 is 2.97. The summed E-state index contributed by atoms with van der Waals surface area (Å²) in [5, 5.41) is 2.42. The molecule has 0 saturated carbocycles. The van der Waals surface area contributed by atoms with Gasteiger partial charge in [0.05, 0.1) is 15.7 Å². The quantitative estimate of drug-likeness (QED) is 0.849. The maximum absolute atomic E-state index is 13.5. The minimum absolute atomic E-state index is 0.0400. The summed E-state index contributed by atoms with van der Waals surface area (Å²) < 4.78 is 13.6. The van der Waals surface area contributed by atoms with Crippen molar-refractivity contribution in [3.05, 3.63) is 28.0 Å². The number of fused-ring (bicyclic) bond motifs is 1. The topological polar surface area (TPSA) is 66.5 Å². The fourth-order valence-corrected chi connectivity index (χ4v) is 2.19. The number of carbonyl (C=O) groups excluding carboxylic acids is 3. The number of amides is 2. The summed E-state index contributed by atoms with van der Waals surface area (Å²) in [6.07, 6.45) is 0.0483. The minimum Gasteiger partial charge on any atom is -0.359 e. The van der Waals surface area contributed by atoms with Crippen molar-refractivity contribution in [1.29, 1.82) is 0 Å². The van der Waals surface area contributed by atoms with Crippen LogP contribution in [-0.4, -0.2) is 31.2 Å². The molecule has 0 aliphatic carbocycles. The van der Waals surface area contributed by atoms with Crippen LogP contribution in [0.3, 0.4) is 0 Å². The number of Topliss-reactive ketones (excluding diaryl/α,β-unsaturated/α-hetero) is 1. The number of rotatable bonds is 3. The van der Waals surface area contributed by atoms with Crippen LogP contribution in [0.1, 0.15) is 16.8 Å². The number of hydrogen-bond acceptors (Lipinski definition) is 3. The molecular formula is C12H10BrFN2O3. The number of benzene rings is 1. The maximum atomic E-state index is 13.5. The van der Waals surface area contributed by atoms with Crippen molar-refractivity contribution in [2.75, 3.05) is 18.5 Å². The van der Waals surface area contributed by atoms with E-state index in [0.717, 1.165) is 11.0 Å². The Morgan fingerprint density at radius 3 is 2.74 bits per heavy atom. The molecular weight excluding hydrogens is 319 g/mol. The number of anilines is 1. The summed E-state index contributed by atoms with van der Waals surface area (Å²) in [4.78, 5) is 35.8. The molecule has 1 heterocycles. The Kier molecular flexibility index (Phi) is 3.66. The highest BCUT2D eigenvalue weighted by Crippen LogP contribution is 2.33. The Morgan fingerprint density at radius 1 is 1.42 bits per heavy atom. The molecule has 1 aromatic carbocycles. The van der Waals surface area contributed by atoms with Gasteiger partial charge in [-0.05, 0) is 28.1 Å². The summed E-state index contributed by atoms with van der Waals surface area (Å²) in [5.41, 5.74) is 0.356. The van der Waals surface area contributed by atoms with Crippen molar-refractivity contribution in [1.82, 2.24) is 5.32 Å². The van der Waals surface area contributed by atoms with Gasteiger partial charge in [-0.2, -0.15) is 0 Å². The first-order valence-corrected chi connectivity index (χ1v) is 6.31. The molecule has 5 nitrogen and oxygen atoms in total.